The lowest BCUT2D eigenvalue weighted by atomic mass is 10.1. The van der Waals surface area contributed by atoms with Gasteiger partial charge in [-0.25, -0.2) is 4.98 Å². The normalized spacial score (nSPS) is 12.0. The molecule has 0 aliphatic carbocycles. The molecule has 1 N–H and O–H groups in total. The number of aryl methyl sites for hydroxylation is 1. The van der Waals surface area contributed by atoms with Crippen LogP contribution in [0.2, 0.25) is 0 Å². The van der Waals surface area contributed by atoms with E-state index in [4.69, 9.17) is 0 Å². The van der Waals surface area contributed by atoms with E-state index < -0.39 is 0 Å². The summed E-state index contributed by atoms with van der Waals surface area (Å²) < 4.78 is 1.02. The Bertz CT molecular complexity index is 846. The first-order valence-electron chi connectivity index (χ1n) is 7.49. The summed E-state index contributed by atoms with van der Waals surface area (Å²) in [7, 11) is 0. The molecule has 1 amide bonds. The third kappa shape index (κ3) is 3.71. The highest BCUT2D eigenvalue weighted by atomic mass is 79.9. The van der Waals surface area contributed by atoms with Crippen LogP contribution in [0.4, 0.5) is 0 Å². The Morgan fingerprint density at radius 2 is 2.00 bits per heavy atom. The van der Waals surface area contributed by atoms with E-state index >= 15 is 0 Å². The molecule has 0 saturated heterocycles. The molecule has 2 heterocycles. The van der Waals surface area contributed by atoms with Crippen LogP contribution in [-0.4, -0.2) is 15.9 Å². The molecular formula is C18H16BrN3OS. The first kappa shape index (κ1) is 16.8. The summed E-state index contributed by atoms with van der Waals surface area (Å²) in [5.41, 5.74) is 2.71. The maximum absolute atomic E-state index is 12.6. The Morgan fingerprint density at radius 1 is 1.25 bits per heavy atom. The summed E-state index contributed by atoms with van der Waals surface area (Å²) in [5, 5.41) is 3.85. The van der Waals surface area contributed by atoms with Gasteiger partial charge in [-0.05, 0) is 43.7 Å². The first-order chi connectivity index (χ1) is 11.5. The minimum Gasteiger partial charge on any atom is -0.345 e. The number of pyridine rings is 1. The van der Waals surface area contributed by atoms with E-state index in [1.54, 1.807) is 12.4 Å². The van der Waals surface area contributed by atoms with Gasteiger partial charge in [0.05, 0.1) is 11.7 Å². The highest BCUT2D eigenvalue weighted by molar-refractivity contribution is 9.10. The molecule has 0 unspecified atom stereocenters. The van der Waals surface area contributed by atoms with Crippen LogP contribution in [0.5, 0.6) is 0 Å². The average molecular weight is 402 g/mol. The smallest absolute Gasteiger partial charge is 0.263 e. The van der Waals surface area contributed by atoms with Gasteiger partial charge in [-0.3, -0.25) is 9.78 Å². The topological polar surface area (TPSA) is 54.9 Å². The van der Waals surface area contributed by atoms with Crippen LogP contribution in [-0.2, 0) is 0 Å². The monoisotopic (exact) mass is 401 g/mol. The third-order valence-electron chi connectivity index (χ3n) is 3.63. The van der Waals surface area contributed by atoms with Gasteiger partial charge in [0.15, 0.2) is 0 Å². The van der Waals surface area contributed by atoms with Crippen LogP contribution >= 0.6 is 27.3 Å². The molecule has 24 heavy (non-hydrogen) atoms. The number of nitrogens with zero attached hydrogens (tertiary/aromatic N) is 2. The standard InChI is InChI=1S/C18H16BrN3OS/c1-11(13-5-7-15(19)8-6-13)21-17(23)16-12(2)22-18(24-16)14-4-3-9-20-10-14/h3-11H,1-2H3,(H,21,23)/t11-/m0/s1. The second-order valence-corrected chi connectivity index (χ2v) is 7.34. The van der Waals surface area contributed by atoms with Crippen molar-refractivity contribution < 1.29 is 4.79 Å². The fraction of sp³-hybridized carbons (Fsp3) is 0.167. The molecule has 6 heteroatoms. The van der Waals surface area contributed by atoms with Crippen molar-refractivity contribution in [2.75, 3.05) is 0 Å². The van der Waals surface area contributed by atoms with E-state index in [9.17, 15) is 4.79 Å². The van der Waals surface area contributed by atoms with E-state index in [0.29, 0.717) is 4.88 Å². The van der Waals surface area contributed by atoms with Gasteiger partial charge < -0.3 is 5.32 Å². The summed E-state index contributed by atoms with van der Waals surface area (Å²) in [6, 6.07) is 11.7. The van der Waals surface area contributed by atoms with Gasteiger partial charge >= 0.3 is 0 Å². The number of amides is 1. The second-order valence-electron chi connectivity index (χ2n) is 5.42. The zero-order chi connectivity index (χ0) is 17.1. The molecule has 1 aromatic carbocycles. The Balaban J connectivity index is 1.78. The number of aromatic nitrogens is 2. The molecule has 4 nitrogen and oxygen atoms in total. The lowest BCUT2D eigenvalue weighted by Crippen LogP contribution is -2.26. The van der Waals surface area contributed by atoms with Gasteiger partial charge in [0, 0.05) is 22.4 Å². The minimum absolute atomic E-state index is 0.0751. The molecular weight excluding hydrogens is 386 g/mol. The van der Waals surface area contributed by atoms with E-state index in [1.807, 2.05) is 50.2 Å². The van der Waals surface area contributed by atoms with Crippen LogP contribution in [0.15, 0.2) is 53.3 Å². The maximum Gasteiger partial charge on any atom is 0.263 e. The van der Waals surface area contributed by atoms with Crippen LogP contribution in [0, 0.1) is 6.92 Å². The van der Waals surface area contributed by atoms with Crippen molar-refractivity contribution in [3.05, 3.63) is 69.4 Å². The molecule has 0 bridgehead atoms. The predicted molar refractivity (Wildman–Crippen MR) is 100 cm³/mol. The van der Waals surface area contributed by atoms with Crippen molar-refractivity contribution >= 4 is 33.2 Å². The number of hydrogen-bond donors (Lipinski definition) is 1. The number of rotatable bonds is 4. The summed E-state index contributed by atoms with van der Waals surface area (Å²) in [5.74, 6) is -0.101. The molecule has 0 radical (unpaired) electrons. The Hall–Kier alpha value is -2.05. The Morgan fingerprint density at radius 3 is 2.67 bits per heavy atom. The van der Waals surface area contributed by atoms with Crippen molar-refractivity contribution in [1.29, 1.82) is 0 Å². The summed E-state index contributed by atoms with van der Waals surface area (Å²) >= 11 is 4.81. The Kier molecular flexibility index (Phi) is 5.06. The molecule has 0 spiro atoms. The van der Waals surface area contributed by atoms with Crippen molar-refractivity contribution in [2.24, 2.45) is 0 Å². The maximum atomic E-state index is 12.6. The van der Waals surface area contributed by atoms with Crippen molar-refractivity contribution in [2.45, 2.75) is 19.9 Å². The molecule has 1 atom stereocenters. The van der Waals surface area contributed by atoms with Crippen LogP contribution in [0.1, 0.15) is 33.9 Å². The zero-order valence-electron chi connectivity index (χ0n) is 13.3. The van der Waals surface area contributed by atoms with Crippen LogP contribution in [0.25, 0.3) is 10.6 Å². The number of nitrogens with one attached hydrogen (secondary N) is 1. The minimum atomic E-state index is -0.101. The quantitative estimate of drug-likeness (QED) is 0.684. The first-order valence-corrected chi connectivity index (χ1v) is 9.09. The van der Waals surface area contributed by atoms with Crippen molar-refractivity contribution in [3.8, 4) is 10.6 Å². The van der Waals surface area contributed by atoms with Gasteiger partial charge in [-0.2, -0.15) is 0 Å². The fourth-order valence-corrected chi connectivity index (χ4v) is 3.54. The number of hydrogen-bond acceptors (Lipinski definition) is 4. The highest BCUT2D eigenvalue weighted by Gasteiger charge is 2.18. The largest absolute Gasteiger partial charge is 0.345 e. The highest BCUT2D eigenvalue weighted by Crippen LogP contribution is 2.28. The fourth-order valence-electron chi connectivity index (χ4n) is 2.32. The predicted octanol–water partition coefficient (Wildman–Crippen LogP) is 4.77. The van der Waals surface area contributed by atoms with E-state index in [1.165, 1.54) is 11.3 Å². The number of halogens is 1. The van der Waals surface area contributed by atoms with Gasteiger partial charge in [0.25, 0.3) is 5.91 Å². The average Bonchev–Trinajstić information content (AvgIpc) is 2.98. The zero-order valence-corrected chi connectivity index (χ0v) is 15.7. The lowest BCUT2D eigenvalue weighted by molar-refractivity contribution is 0.0943. The number of thiazole rings is 1. The SMILES string of the molecule is Cc1nc(-c2cccnc2)sc1C(=O)N[C@@H](C)c1ccc(Br)cc1. The van der Waals surface area contributed by atoms with Crippen LogP contribution < -0.4 is 5.32 Å². The van der Waals surface area contributed by atoms with E-state index in [-0.39, 0.29) is 11.9 Å². The van der Waals surface area contributed by atoms with E-state index in [0.717, 1.165) is 26.3 Å². The molecule has 0 saturated carbocycles. The summed E-state index contributed by atoms with van der Waals surface area (Å²) in [4.78, 5) is 21.8. The molecule has 0 fully saturated rings. The van der Waals surface area contributed by atoms with E-state index in [2.05, 4.69) is 31.2 Å². The van der Waals surface area contributed by atoms with Crippen molar-refractivity contribution in [3.63, 3.8) is 0 Å². The van der Waals surface area contributed by atoms with Crippen molar-refractivity contribution in [1.82, 2.24) is 15.3 Å². The summed E-state index contributed by atoms with van der Waals surface area (Å²) in [6.07, 6.45) is 3.47. The number of benzene rings is 1. The van der Waals surface area contributed by atoms with Gasteiger partial charge in [0.1, 0.15) is 9.88 Å². The van der Waals surface area contributed by atoms with Crippen LogP contribution in [0.3, 0.4) is 0 Å². The molecule has 3 aromatic rings. The Labute approximate surface area is 153 Å². The van der Waals surface area contributed by atoms with Gasteiger partial charge in [-0.15, -0.1) is 11.3 Å². The lowest BCUT2D eigenvalue weighted by Gasteiger charge is -2.14. The third-order valence-corrected chi connectivity index (χ3v) is 5.36. The molecule has 2 aromatic heterocycles. The molecule has 3 rings (SSSR count). The summed E-state index contributed by atoms with van der Waals surface area (Å²) in [6.45, 7) is 3.83. The molecule has 0 aliphatic heterocycles. The van der Waals surface area contributed by atoms with Gasteiger partial charge in [-0.1, -0.05) is 28.1 Å². The number of carbonyl (C=O) groups is 1. The molecule has 122 valence electrons. The molecule has 0 aliphatic rings. The number of carbonyl (C=O) groups excluding carboxylic acids is 1. The van der Waals surface area contributed by atoms with Gasteiger partial charge in [0.2, 0.25) is 0 Å². The second kappa shape index (κ2) is 7.23.